The van der Waals surface area contributed by atoms with Crippen molar-refractivity contribution in [1.82, 2.24) is 25.0 Å². The molecule has 0 radical (unpaired) electrons. The van der Waals surface area contributed by atoms with Crippen LogP contribution in [0, 0.1) is 5.92 Å². The average molecular weight is 223 g/mol. The first kappa shape index (κ1) is 11.5. The number of aryl methyl sites for hydroxylation is 1. The van der Waals surface area contributed by atoms with E-state index in [0.29, 0.717) is 12.0 Å². The predicted octanol–water partition coefficient (Wildman–Crippen LogP) is 0.245. The lowest BCUT2D eigenvalue weighted by Crippen LogP contribution is -2.53. The van der Waals surface area contributed by atoms with Crippen LogP contribution in [0.15, 0.2) is 6.33 Å². The zero-order valence-electron chi connectivity index (χ0n) is 10.3. The van der Waals surface area contributed by atoms with E-state index in [2.05, 4.69) is 34.1 Å². The van der Waals surface area contributed by atoms with Gasteiger partial charge in [-0.25, -0.2) is 4.98 Å². The molecule has 90 valence electrons. The van der Waals surface area contributed by atoms with Crippen molar-refractivity contribution in [2.75, 3.05) is 19.6 Å². The average Bonchev–Trinajstić information content (AvgIpc) is 2.65. The van der Waals surface area contributed by atoms with Crippen molar-refractivity contribution in [2.45, 2.75) is 26.4 Å². The maximum atomic E-state index is 4.29. The van der Waals surface area contributed by atoms with E-state index in [-0.39, 0.29) is 0 Å². The van der Waals surface area contributed by atoms with Crippen molar-refractivity contribution < 1.29 is 0 Å². The Morgan fingerprint density at radius 3 is 3.00 bits per heavy atom. The number of hydrogen-bond acceptors (Lipinski definition) is 4. The van der Waals surface area contributed by atoms with Crippen LogP contribution in [-0.4, -0.2) is 45.3 Å². The van der Waals surface area contributed by atoms with Gasteiger partial charge in [-0.05, 0) is 5.92 Å². The Bertz CT molecular complexity index is 333. The molecule has 0 aromatic carbocycles. The zero-order valence-corrected chi connectivity index (χ0v) is 10.3. The van der Waals surface area contributed by atoms with E-state index in [1.54, 1.807) is 6.33 Å². The molecule has 1 fully saturated rings. The normalized spacial score (nSPS) is 22.9. The molecule has 1 aliphatic heterocycles. The van der Waals surface area contributed by atoms with Crippen molar-refractivity contribution >= 4 is 0 Å². The smallest absolute Gasteiger partial charge is 0.140 e. The first-order valence-electron chi connectivity index (χ1n) is 5.96. The highest BCUT2D eigenvalue weighted by atomic mass is 15.3. The highest BCUT2D eigenvalue weighted by molar-refractivity contribution is 4.89. The fraction of sp³-hybridized carbons (Fsp3) is 0.818. The summed E-state index contributed by atoms with van der Waals surface area (Å²) in [5.41, 5.74) is 0. The largest absolute Gasteiger partial charge is 0.314 e. The van der Waals surface area contributed by atoms with Gasteiger partial charge in [0.25, 0.3) is 0 Å². The molecule has 1 saturated heterocycles. The molecule has 2 rings (SSSR count). The molecule has 1 atom stereocenters. The lowest BCUT2D eigenvalue weighted by atomic mass is 10.0. The molecule has 0 amide bonds. The van der Waals surface area contributed by atoms with E-state index in [9.17, 15) is 0 Å². The van der Waals surface area contributed by atoms with Gasteiger partial charge < -0.3 is 5.32 Å². The Kier molecular flexibility index (Phi) is 3.56. The maximum absolute atomic E-state index is 4.29. The summed E-state index contributed by atoms with van der Waals surface area (Å²) in [6.07, 6.45) is 1.63. The first-order valence-corrected chi connectivity index (χ1v) is 5.96. The number of hydrogen-bond donors (Lipinski definition) is 1. The molecule has 5 nitrogen and oxygen atoms in total. The molecule has 5 heteroatoms. The molecule has 1 N–H and O–H groups in total. The van der Waals surface area contributed by atoms with E-state index in [1.165, 1.54) is 0 Å². The van der Waals surface area contributed by atoms with E-state index < -0.39 is 0 Å². The molecule has 16 heavy (non-hydrogen) atoms. The fourth-order valence-corrected chi connectivity index (χ4v) is 2.27. The Balaban J connectivity index is 2.04. The van der Waals surface area contributed by atoms with Gasteiger partial charge in [-0.2, -0.15) is 5.10 Å². The second-order valence-corrected chi connectivity index (χ2v) is 4.79. The van der Waals surface area contributed by atoms with E-state index in [1.807, 2.05) is 11.7 Å². The van der Waals surface area contributed by atoms with Crippen LogP contribution >= 0.6 is 0 Å². The van der Waals surface area contributed by atoms with Gasteiger partial charge in [0.15, 0.2) is 0 Å². The van der Waals surface area contributed by atoms with Crippen LogP contribution in [-0.2, 0) is 13.6 Å². The number of nitrogens with zero attached hydrogens (tertiary/aromatic N) is 4. The van der Waals surface area contributed by atoms with Crippen LogP contribution in [0.4, 0.5) is 0 Å². The Labute approximate surface area is 96.8 Å². The second-order valence-electron chi connectivity index (χ2n) is 4.79. The van der Waals surface area contributed by atoms with Gasteiger partial charge in [0.2, 0.25) is 0 Å². The summed E-state index contributed by atoms with van der Waals surface area (Å²) < 4.78 is 1.86. The SMILES string of the molecule is CC(C)C1CNCCN1Cc1ncnn1C. The summed E-state index contributed by atoms with van der Waals surface area (Å²) in [6, 6.07) is 0.602. The fourth-order valence-electron chi connectivity index (χ4n) is 2.27. The molecule has 1 aliphatic rings. The molecule has 2 heterocycles. The van der Waals surface area contributed by atoms with Gasteiger partial charge in [0.1, 0.15) is 12.2 Å². The quantitative estimate of drug-likeness (QED) is 0.797. The van der Waals surface area contributed by atoms with Crippen molar-refractivity contribution in [2.24, 2.45) is 13.0 Å². The number of rotatable bonds is 3. The molecule has 0 spiro atoms. The van der Waals surface area contributed by atoms with Crippen LogP contribution < -0.4 is 5.32 Å². The summed E-state index contributed by atoms with van der Waals surface area (Å²) in [5, 5.41) is 7.57. The van der Waals surface area contributed by atoms with Crippen LogP contribution in [0.2, 0.25) is 0 Å². The lowest BCUT2D eigenvalue weighted by molar-refractivity contribution is 0.112. The standard InChI is InChI=1S/C11H21N5/c1-9(2)10-6-12-4-5-16(10)7-11-13-8-14-15(11)3/h8-10,12H,4-7H2,1-3H3. The maximum Gasteiger partial charge on any atom is 0.140 e. The second kappa shape index (κ2) is 4.93. The molecular weight excluding hydrogens is 202 g/mol. The van der Waals surface area contributed by atoms with Crippen LogP contribution in [0.25, 0.3) is 0 Å². The van der Waals surface area contributed by atoms with E-state index in [4.69, 9.17) is 0 Å². The third kappa shape index (κ3) is 2.41. The van der Waals surface area contributed by atoms with Gasteiger partial charge in [-0.15, -0.1) is 0 Å². The van der Waals surface area contributed by atoms with Crippen LogP contribution in [0.3, 0.4) is 0 Å². The van der Waals surface area contributed by atoms with Gasteiger partial charge >= 0.3 is 0 Å². The molecule has 0 saturated carbocycles. The molecule has 1 unspecified atom stereocenters. The van der Waals surface area contributed by atoms with Crippen molar-refractivity contribution in [3.8, 4) is 0 Å². The Hall–Kier alpha value is -0.940. The highest BCUT2D eigenvalue weighted by Crippen LogP contribution is 2.15. The summed E-state index contributed by atoms with van der Waals surface area (Å²) in [7, 11) is 1.95. The van der Waals surface area contributed by atoms with E-state index in [0.717, 1.165) is 32.0 Å². The van der Waals surface area contributed by atoms with Gasteiger partial charge in [-0.1, -0.05) is 13.8 Å². The molecular formula is C11H21N5. The molecule has 0 aliphatic carbocycles. The van der Waals surface area contributed by atoms with Crippen LogP contribution in [0.1, 0.15) is 19.7 Å². The Morgan fingerprint density at radius 1 is 1.56 bits per heavy atom. The third-order valence-corrected chi connectivity index (χ3v) is 3.32. The van der Waals surface area contributed by atoms with Crippen molar-refractivity contribution in [3.05, 3.63) is 12.2 Å². The third-order valence-electron chi connectivity index (χ3n) is 3.32. The minimum Gasteiger partial charge on any atom is -0.314 e. The lowest BCUT2D eigenvalue weighted by Gasteiger charge is -2.38. The topological polar surface area (TPSA) is 46.0 Å². The zero-order chi connectivity index (χ0) is 11.5. The molecule has 0 bridgehead atoms. The van der Waals surface area contributed by atoms with Crippen molar-refractivity contribution in [1.29, 1.82) is 0 Å². The number of nitrogens with one attached hydrogen (secondary N) is 1. The van der Waals surface area contributed by atoms with Crippen molar-refractivity contribution in [3.63, 3.8) is 0 Å². The minimum absolute atomic E-state index is 0.602. The highest BCUT2D eigenvalue weighted by Gasteiger charge is 2.25. The Morgan fingerprint density at radius 2 is 2.38 bits per heavy atom. The summed E-state index contributed by atoms with van der Waals surface area (Å²) in [4.78, 5) is 6.80. The van der Waals surface area contributed by atoms with Gasteiger partial charge in [-0.3, -0.25) is 9.58 Å². The van der Waals surface area contributed by atoms with E-state index >= 15 is 0 Å². The van der Waals surface area contributed by atoms with Gasteiger partial charge in [0.05, 0.1) is 6.54 Å². The summed E-state index contributed by atoms with van der Waals surface area (Å²) >= 11 is 0. The molecule has 1 aromatic heterocycles. The predicted molar refractivity (Wildman–Crippen MR) is 62.9 cm³/mol. The monoisotopic (exact) mass is 223 g/mol. The minimum atomic E-state index is 0.602. The molecule has 1 aromatic rings. The number of aromatic nitrogens is 3. The van der Waals surface area contributed by atoms with Gasteiger partial charge in [0, 0.05) is 32.7 Å². The number of piperazine rings is 1. The summed E-state index contributed by atoms with van der Waals surface area (Å²) in [6.45, 7) is 8.70. The van der Waals surface area contributed by atoms with Crippen LogP contribution in [0.5, 0.6) is 0 Å². The first-order chi connectivity index (χ1) is 7.68. The summed E-state index contributed by atoms with van der Waals surface area (Å²) in [5.74, 6) is 1.72.